The van der Waals surface area contributed by atoms with Crippen LogP contribution in [0.5, 0.6) is 0 Å². The van der Waals surface area contributed by atoms with Crippen LogP contribution in [0.4, 0.5) is 0 Å². The molecule has 0 saturated carbocycles. The van der Waals surface area contributed by atoms with E-state index in [-0.39, 0.29) is 0 Å². The Kier molecular flexibility index (Phi) is 4.46. The lowest BCUT2D eigenvalue weighted by molar-refractivity contribution is 0.186. The molecule has 18 heavy (non-hydrogen) atoms. The second-order valence-electron chi connectivity index (χ2n) is 3.80. The van der Waals surface area contributed by atoms with Crippen molar-refractivity contribution >= 4 is 15.9 Å². The highest BCUT2D eigenvalue weighted by molar-refractivity contribution is 9.10. The third-order valence-electron chi connectivity index (χ3n) is 2.61. The van der Waals surface area contributed by atoms with Gasteiger partial charge in [-0.1, -0.05) is 28.1 Å². The number of nitrogens with zero attached hydrogens (tertiary/aromatic N) is 3. The van der Waals surface area contributed by atoms with E-state index in [2.05, 4.69) is 26.1 Å². The van der Waals surface area contributed by atoms with Gasteiger partial charge in [0, 0.05) is 23.7 Å². The molecule has 0 atom stereocenters. The normalized spacial score (nSPS) is 10.8. The Labute approximate surface area is 114 Å². The fraction of sp³-hybridized carbons (Fsp3) is 0.333. The second kappa shape index (κ2) is 6.08. The molecule has 0 unspecified atom stereocenters. The number of halogens is 1. The van der Waals surface area contributed by atoms with Crippen molar-refractivity contribution < 1.29 is 4.74 Å². The van der Waals surface area contributed by atoms with Crippen LogP contribution in [0.3, 0.4) is 0 Å². The Morgan fingerprint density at radius 3 is 2.89 bits per heavy atom. The van der Waals surface area contributed by atoms with Crippen LogP contribution in [-0.4, -0.2) is 28.5 Å². The summed E-state index contributed by atoms with van der Waals surface area (Å²) in [4.78, 5) is 0. The minimum absolute atomic E-state index is 0.366. The summed E-state index contributed by atoms with van der Waals surface area (Å²) in [6.45, 7) is 1.66. The second-order valence-corrected chi connectivity index (χ2v) is 4.71. The number of benzene rings is 1. The number of rotatable bonds is 5. The first-order valence-electron chi connectivity index (χ1n) is 5.63. The summed E-state index contributed by atoms with van der Waals surface area (Å²) in [5.41, 5.74) is 6.68. The van der Waals surface area contributed by atoms with Crippen molar-refractivity contribution in [1.82, 2.24) is 14.8 Å². The molecular weight excluding hydrogens is 296 g/mol. The SMILES string of the molecule is COCCn1c(CN)nnc1-c1cccc(Br)c1. The average Bonchev–Trinajstić information content (AvgIpc) is 2.79. The maximum Gasteiger partial charge on any atom is 0.164 e. The number of nitrogens with two attached hydrogens (primary N) is 1. The highest BCUT2D eigenvalue weighted by Crippen LogP contribution is 2.22. The summed E-state index contributed by atoms with van der Waals surface area (Å²) in [5.74, 6) is 1.58. The molecule has 0 aliphatic carbocycles. The van der Waals surface area contributed by atoms with E-state index >= 15 is 0 Å². The number of aromatic nitrogens is 3. The average molecular weight is 311 g/mol. The molecule has 5 nitrogen and oxygen atoms in total. The molecule has 96 valence electrons. The van der Waals surface area contributed by atoms with Crippen LogP contribution >= 0.6 is 15.9 Å². The van der Waals surface area contributed by atoms with Crippen molar-refractivity contribution in [2.45, 2.75) is 13.1 Å². The van der Waals surface area contributed by atoms with Crippen molar-refractivity contribution in [2.75, 3.05) is 13.7 Å². The van der Waals surface area contributed by atoms with Gasteiger partial charge in [-0.2, -0.15) is 0 Å². The van der Waals surface area contributed by atoms with E-state index in [1.807, 2.05) is 28.8 Å². The number of hydrogen-bond acceptors (Lipinski definition) is 4. The Balaban J connectivity index is 2.40. The van der Waals surface area contributed by atoms with E-state index in [4.69, 9.17) is 10.5 Å². The molecule has 2 aromatic rings. The number of methoxy groups -OCH3 is 1. The molecule has 2 N–H and O–H groups in total. The molecule has 6 heteroatoms. The fourth-order valence-electron chi connectivity index (χ4n) is 1.74. The molecule has 0 radical (unpaired) electrons. The lowest BCUT2D eigenvalue weighted by Gasteiger charge is -2.09. The van der Waals surface area contributed by atoms with E-state index in [0.29, 0.717) is 19.7 Å². The van der Waals surface area contributed by atoms with Gasteiger partial charge in [0.05, 0.1) is 13.2 Å². The first-order valence-corrected chi connectivity index (χ1v) is 6.42. The minimum Gasteiger partial charge on any atom is -0.383 e. The first-order chi connectivity index (χ1) is 8.76. The monoisotopic (exact) mass is 310 g/mol. The summed E-state index contributed by atoms with van der Waals surface area (Å²) >= 11 is 3.45. The fourth-order valence-corrected chi connectivity index (χ4v) is 2.14. The lowest BCUT2D eigenvalue weighted by atomic mass is 10.2. The molecule has 1 aromatic carbocycles. The van der Waals surface area contributed by atoms with Crippen molar-refractivity contribution in [2.24, 2.45) is 5.73 Å². The van der Waals surface area contributed by atoms with Crippen LogP contribution in [0.15, 0.2) is 28.7 Å². The summed E-state index contributed by atoms with van der Waals surface area (Å²) in [7, 11) is 1.67. The quantitative estimate of drug-likeness (QED) is 0.914. The number of ether oxygens (including phenoxy) is 1. The zero-order chi connectivity index (χ0) is 13.0. The predicted molar refractivity (Wildman–Crippen MR) is 72.9 cm³/mol. The van der Waals surface area contributed by atoms with E-state index in [1.54, 1.807) is 7.11 Å². The molecule has 0 bridgehead atoms. The largest absolute Gasteiger partial charge is 0.383 e. The summed E-state index contributed by atoms with van der Waals surface area (Å²) in [6, 6.07) is 7.95. The van der Waals surface area contributed by atoms with Crippen molar-refractivity contribution in [1.29, 1.82) is 0 Å². The standard InChI is InChI=1S/C12H15BrN4O/c1-18-6-5-17-11(8-14)15-16-12(17)9-3-2-4-10(13)7-9/h2-4,7H,5-6,8,14H2,1H3. The smallest absolute Gasteiger partial charge is 0.164 e. The maximum absolute atomic E-state index is 5.67. The number of hydrogen-bond donors (Lipinski definition) is 1. The van der Waals surface area contributed by atoms with E-state index in [9.17, 15) is 0 Å². The minimum atomic E-state index is 0.366. The van der Waals surface area contributed by atoms with Crippen molar-refractivity contribution in [3.8, 4) is 11.4 Å². The third-order valence-corrected chi connectivity index (χ3v) is 3.11. The molecule has 1 heterocycles. The van der Waals surface area contributed by atoms with Gasteiger partial charge in [0.15, 0.2) is 5.82 Å². The van der Waals surface area contributed by atoms with Crippen LogP contribution in [0.2, 0.25) is 0 Å². The predicted octanol–water partition coefficient (Wildman–Crippen LogP) is 1.81. The lowest BCUT2D eigenvalue weighted by Crippen LogP contribution is -2.12. The molecule has 0 aliphatic rings. The topological polar surface area (TPSA) is 66.0 Å². The highest BCUT2D eigenvalue weighted by atomic mass is 79.9. The van der Waals surface area contributed by atoms with Gasteiger partial charge < -0.3 is 15.0 Å². The molecule has 0 amide bonds. The molecule has 0 saturated heterocycles. The van der Waals surface area contributed by atoms with Gasteiger partial charge in [0.2, 0.25) is 0 Å². The van der Waals surface area contributed by atoms with E-state index < -0.39 is 0 Å². The van der Waals surface area contributed by atoms with E-state index in [1.165, 1.54) is 0 Å². The molecule has 0 spiro atoms. The van der Waals surface area contributed by atoms with Crippen molar-refractivity contribution in [3.63, 3.8) is 0 Å². The van der Waals surface area contributed by atoms with Gasteiger partial charge in [-0.15, -0.1) is 10.2 Å². The van der Waals surface area contributed by atoms with Crippen LogP contribution < -0.4 is 5.73 Å². The van der Waals surface area contributed by atoms with Crippen LogP contribution in [0.1, 0.15) is 5.82 Å². The van der Waals surface area contributed by atoms with Gasteiger partial charge in [0.1, 0.15) is 5.82 Å². The van der Waals surface area contributed by atoms with Gasteiger partial charge in [-0.25, -0.2) is 0 Å². The third kappa shape index (κ3) is 2.77. The molecule has 1 aromatic heterocycles. The van der Waals surface area contributed by atoms with Gasteiger partial charge in [-0.05, 0) is 12.1 Å². The molecular formula is C12H15BrN4O. The summed E-state index contributed by atoms with van der Waals surface area (Å²) in [6.07, 6.45) is 0. The molecule has 0 fully saturated rings. The van der Waals surface area contributed by atoms with Crippen LogP contribution in [-0.2, 0) is 17.8 Å². The Morgan fingerprint density at radius 2 is 2.22 bits per heavy atom. The Morgan fingerprint density at radius 1 is 1.39 bits per heavy atom. The van der Waals surface area contributed by atoms with E-state index in [0.717, 1.165) is 21.7 Å². The maximum atomic E-state index is 5.67. The Bertz CT molecular complexity index is 527. The molecule has 0 aliphatic heterocycles. The first kappa shape index (κ1) is 13.2. The molecule has 2 rings (SSSR count). The van der Waals surface area contributed by atoms with Crippen molar-refractivity contribution in [3.05, 3.63) is 34.6 Å². The van der Waals surface area contributed by atoms with Gasteiger partial charge in [-0.3, -0.25) is 0 Å². The summed E-state index contributed by atoms with van der Waals surface area (Å²) < 4.78 is 8.10. The highest BCUT2D eigenvalue weighted by Gasteiger charge is 2.12. The zero-order valence-electron chi connectivity index (χ0n) is 10.1. The van der Waals surface area contributed by atoms with Crippen LogP contribution in [0.25, 0.3) is 11.4 Å². The zero-order valence-corrected chi connectivity index (χ0v) is 11.7. The van der Waals surface area contributed by atoms with Gasteiger partial charge >= 0.3 is 0 Å². The van der Waals surface area contributed by atoms with Crippen LogP contribution in [0, 0.1) is 0 Å². The summed E-state index contributed by atoms with van der Waals surface area (Å²) in [5, 5.41) is 8.32. The van der Waals surface area contributed by atoms with Gasteiger partial charge in [0.25, 0.3) is 0 Å². The Hall–Kier alpha value is -1.24.